The first-order valence-electron chi connectivity index (χ1n) is 6.28. The van der Waals surface area contributed by atoms with E-state index in [4.69, 9.17) is 10.7 Å². The van der Waals surface area contributed by atoms with Crippen LogP contribution in [0.15, 0.2) is 69.0 Å². The third-order valence-corrected chi connectivity index (χ3v) is 4.42. The molecule has 3 rings (SSSR count). The van der Waals surface area contributed by atoms with E-state index in [2.05, 4.69) is 40.2 Å². The number of hydrogen-bond acceptors (Lipinski definition) is 3. The molecule has 0 spiro atoms. The summed E-state index contributed by atoms with van der Waals surface area (Å²) in [7, 11) is 0. The van der Waals surface area contributed by atoms with Gasteiger partial charge in [-0.1, -0.05) is 52.0 Å². The smallest absolute Gasteiger partial charge is 0.102 e. The Hall–Kier alpha value is -1.36. The summed E-state index contributed by atoms with van der Waals surface area (Å²) in [5.74, 6) is 0. The lowest BCUT2D eigenvalue weighted by atomic mass is 10.1. The zero-order chi connectivity index (χ0) is 13.9. The molecule has 2 nitrogen and oxygen atoms in total. The maximum Gasteiger partial charge on any atom is 0.102 e. The second kappa shape index (κ2) is 5.95. The van der Waals surface area contributed by atoms with E-state index in [1.807, 2.05) is 30.3 Å². The first kappa shape index (κ1) is 13.6. The van der Waals surface area contributed by atoms with E-state index in [-0.39, 0.29) is 0 Å². The monoisotopic (exact) mass is 344 g/mol. The van der Waals surface area contributed by atoms with Crippen LogP contribution in [0.1, 0.15) is 5.56 Å². The van der Waals surface area contributed by atoms with Crippen molar-refractivity contribution in [3.63, 3.8) is 0 Å². The number of hydrogen-bond donors (Lipinski definition) is 1. The average Bonchev–Trinajstić information content (AvgIpc) is 2.46. The van der Waals surface area contributed by atoms with Gasteiger partial charge in [0.25, 0.3) is 0 Å². The highest BCUT2D eigenvalue weighted by atomic mass is 79.9. The van der Waals surface area contributed by atoms with Gasteiger partial charge in [-0.3, -0.25) is 0 Å². The highest BCUT2D eigenvalue weighted by molar-refractivity contribution is 9.10. The van der Waals surface area contributed by atoms with Crippen molar-refractivity contribution in [2.45, 2.75) is 16.5 Å². The summed E-state index contributed by atoms with van der Waals surface area (Å²) < 4.78 is 1.07. The molecule has 0 aliphatic heterocycles. The third kappa shape index (κ3) is 2.87. The van der Waals surface area contributed by atoms with Crippen LogP contribution in [-0.2, 0) is 6.54 Å². The topological polar surface area (TPSA) is 38.9 Å². The Kier molecular flexibility index (Phi) is 4.05. The van der Waals surface area contributed by atoms with Crippen molar-refractivity contribution in [2.24, 2.45) is 5.73 Å². The summed E-state index contributed by atoms with van der Waals surface area (Å²) in [5, 5.41) is 2.11. The van der Waals surface area contributed by atoms with Crippen molar-refractivity contribution in [3.05, 3.63) is 64.6 Å². The van der Waals surface area contributed by atoms with E-state index in [9.17, 15) is 0 Å². The highest BCUT2D eigenvalue weighted by Gasteiger charge is 2.06. The standard InChI is InChI=1S/C16H13BrN2S/c17-12-4-3-5-13(9-12)20-16-8-11(10-18)14-6-1-2-7-15(14)19-16/h1-9H,10,18H2. The van der Waals surface area contributed by atoms with Gasteiger partial charge in [-0.15, -0.1) is 0 Å². The Labute approximate surface area is 130 Å². The maximum absolute atomic E-state index is 5.86. The zero-order valence-corrected chi connectivity index (χ0v) is 13.1. The summed E-state index contributed by atoms with van der Waals surface area (Å²) >= 11 is 5.14. The van der Waals surface area contributed by atoms with Gasteiger partial charge in [-0.2, -0.15) is 0 Å². The van der Waals surface area contributed by atoms with E-state index in [0.717, 1.165) is 30.9 Å². The van der Waals surface area contributed by atoms with E-state index in [0.29, 0.717) is 6.54 Å². The summed E-state index contributed by atoms with van der Waals surface area (Å²) in [4.78, 5) is 5.86. The molecule has 0 atom stereocenters. The van der Waals surface area contributed by atoms with Crippen molar-refractivity contribution in [3.8, 4) is 0 Å². The molecule has 0 radical (unpaired) electrons. The van der Waals surface area contributed by atoms with Crippen LogP contribution in [0.3, 0.4) is 0 Å². The van der Waals surface area contributed by atoms with Gasteiger partial charge in [-0.25, -0.2) is 4.98 Å². The largest absolute Gasteiger partial charge is 0.326 e. The highest BCUT2D eigenvalue weighted by Crippen LogP contribution is 2.30. The first-order chi connectivity index (χ1) is 9.76. The SMILES string of the molecule is NCc1cc(Sc2cccc(Br)c2)nc2ccccc12. The van der Waals surface area contributed by atoms with Crippen molar-refractivity contribution in [1.82, 2.24) is 4.98 Å². The Bertz CT molecular complexity index is 758. The van der Waals surface area contributed by atoms with Crippen molar-refractivity contribution >= 4 is 38.6 Å². The lowest BCUT2D eigenvalue weighted by Crippen LogP contribution is -1.99. The summed E-state index contributed by atoms with van der Waals surface area (Å²) in [6.07, 6.45) is 0. The maximum atomic E-state index is 5.86. The normalized spacial score (nSPS) is 10.9. The third-order valence-electron chi connectivity index (χ3n) is 3.02. The molecule has 2 N–H and O–H groups in total. The zero-order valence-electron chi connectivity index (χ0n) is 10.7. The van der Waals surface area contributed by atoms with Crippen LogP contribution in [0.2, 0.25) is 0 Å². The van der Waals surface area contributed by atoms with Crippen LogP contribution in [0, 0.1) is 0 Å². The molecule has 1 aromatic heterocycles. The quantitative estimate of drug-likeness (QED) is 0.754. The number of benzene rings is 2. The van der Waals surface area contributed by atoms with Gasteiger partial charge in [0.05, 0.1) is 5.52 Å². The molecule has 0 aliphatic rings. The number of nitrogens with zero attached hydrogens (tertiary/aromatic N) is 1. The predicted octanol–water partition coefficient (Wildman–Crippen LogP) is 4.61. The molecule has 2 aromatic carbocycles. The second-order valence-electron chi connectivity index (χ2n) is 4.40. The minimum atomic E-state index is 0.523. The minimum Gasteiger partial charge on any atom is -0.326 e. The number of para-hydroxylation sites is 1. The van der Waals surface area contributed by atoms with Crippen molar-refractivity contribution < 1.29 is 0 Å². The average molecular weight is 345 g/mol. The number of rotatable bonds is 3. The summed E-state index contributed by atoms with van der Waals surface area (Å²) in [6, 6.07) is 18.4. The van der Waals surface area contributed by atoms with E-state index < -0.39 is 0 Å². The molecular weight excluding hydrogens is 332 g/mol. The van der Waals surface area contributed by atoms with Crippen LogP contribution in [0.5, 0.6) is 0 Å². The Morgan fingerprint density at radius 2 is 1.90 bits per heavy atom. The van der Waals surface area contributed by atoms with Gasteiger partial charge in [0.2, 0.25) is 0 Å². The van der Waals surface area contributed by atoms with Gasteiger partial charge in [0.15, 0.2) is 0 Å². The summed E-state index contributed by atoms with van der Waals surface area (Å²) in [6.45, 7) is 0.523. The fourth-order valence-corrected chi connectivity index (χ4v) is 3.56. The second-order valence-corrected chi connectivity index (χ2v) is 6.41. The van der Waals surface area contributed by atoms with Gasteiger partial charge >= 0.3 is 0 Å². The first-order valence-corrected chi connectivity index (χ1v) is 7.89. The van der Waals surface area contributed by atoms with Crippen LogP contribution in [0.4, 0.5) is 0 Å². The van der Waals surface area contributed by atoms with Crippen molar-refractivity contribution in [2.75, 3.05) is 0 Å². The fraction of sp³-hybridized carbons (Fsp3) is 0.0625. The van der Waals surface area contributed by atoms with Gasteiger partial charge in [-0.05, 0) is 35.9 Å². The van der Waals surface area contributed by atoms with E-state index in [1.165, 1.54) is 0 Å². The molecule has 0 amide bonds. The number of halogens is 1. The van der Waals surface area contributed by atoms with Gasteiger partial charge < -0.3 is 5.73 Å². The molecule has 20 heavy (non-hydrogen) atoms. The van der Waals surface area contributed by atoms with Gasteiger partial charge in [0.1, 0.15) is 5.03 Å². The minimum absolute atomic E-state index is 0.523. The molecule has 0 saturated heterocycles. The Morgan fingerprint density at radius 3 is 2.70 bits per heavy atom. The molecule has 3 aromatic rings. The van der Waals surface area contributed by atoms with Crippen LogP contribution in [-0.4, -0.2) is 4.98 Å². The molecule has 0 bridgehead atoms. The predicted molar refractivity (Wildman–Crippen MR) is 87.9 cm³/mol. The Balaban J connectivity index is 2.03. The van der Waals surface area contributed by atoms with E-state index >= 15 is 0 Å². The van der Waals surface area contributed by atoms with Crippen molar-refractivity contribution in [1.29, 1.82) is 0 Å². The molecular formula is C16H13BrN2S. The lowest BCUT2D eigenvalue weighted by Gasteiger charge is -2.08. The fourth-order valence-electron chi connectivity index (χ4n) is 2.09. The molecule has 1 heterocycles. The molecule has 0 unspecified atom stereocenters. The molecule has 0 fully saturated rings. The molecule has 4 heteroatoms. The summed E-state index contributed by atoms with van der Waals surface area (Å²) in [5.41, 5.74) is 7.98. The molecule has 0 aliphatic carbocycles. The molecule has 0 saturated carbocycles. The number of nitrogens with two attached hydrogens (primary N) is 1. The van der Waals surface area contributed by atoms with E-state index in [1.54, 1.807) is 11.8 Å². The van der Waals surface area contributed by atoms with Crippen LogP contribution < -0.4 is 5.73 Å². The lowest BCUT2D eigenvalue weighted by molar-refractivity contribution is 1.05. The number of fused-ring (bicyclic) bond motifs is 1. The van der Waals surface area contributed by atoms with Crippen LogP contribution in [0.25, 0.3) is 10.9 Å². The van der Waals surface area contributed by atoms with Crippen LogP contribution >= 0.6 is 27.7 Å². The van der Waals surface area contributed by atoms with Gasteiger partial charge in [0, 0.05) is 21.3 Å². The number of pyridine rings is 1. The Morgan fingerprint density at radius 1 is 1.05 bits per heavy atom. The molecule has 100 valence electrons. The number of aromatic nitrogens is 1.